The maximum absolute atomic E-state index is 13.3. The number of benzene rings is 2. The highest BCUT2D eigenvalue weighted by atomic mass is 79.9. The minimum absolute atomic E-state index is 0.0631. The number of halogens is 1. The Morgan fingerprint density at radius 2 is 1.48 bits per heavy atom. The number of hydrogen-bond donors (Lipinski definition) is 1. The van der Waals surface area contributed by atoms with Crippen molar-refractivity contribution >= 4 is 37.2 Å². The molecule has 0 unspecified atom stereocenters. The summed E-state index contributed by atoms with van der Waals surface area (Å²) in [6.07, 6.45) is 0. The number of allylic oxidation sites excluding steroid dienone is 1. The third-order valence-electron chi connectivity index (χ3n) is 4.03. The van der Waals surface area contributed by atoms with Gasteiger partial charge in [0.25, 0.3) is 0 Å². The minimum atomic E-state index is -4.09. The molecule has 1 aliphatic rings. The standard InChI is InChI=1S/C18H16BrNO6S/c1-24-11-6-4-10(5-7-11)20-18-15(19)16(21)14-12(25-2)8-9-13(26-3)17(14)27(18,22)23/h4-9,20H,1-3H3. The van der Waals surface area contributed by atoms with Crippen LogP contribution in [0.5, 0.6) is 17.2 Å². The van der Waals surface area contributed by atoms with Gasteiger partial charge in [-0.3, -0.25) is 4.79 Å². The number of sulfone groups is 1. The summed E-state index contributed by atoms with van der Waals surface area (Å²) in [5.41, 5.74) is 0.411. The first-order chi connectivity index (χ1) is 12.8. The molecule has 0 bridgehead atoms. The van der Waals surface area contributed by atoms with Crippen LogP contribution < -0.4 is 19.5 Å². The second kappa shape index (κ2) is 7.24. The number of methoxy groups -OCH3 is 3. The average Bonchev–Trinajstić information content (AvgIpc) is 2.69. The van der Waals surface area contributed by atoms with Gasteiger partial charge in [-0.15, -0.1) is 0 Å². The van der Waals surface area contributed by atoms with E-state index in [2.05, 4.69) is 21.2 Å². The summed E-state index contributed by atoms with van der Waals surface area (Å²) in [7, 11) is 0.146. The van der Waals surface area contributed by atoms with Crippen molar-refractivity contribution in [3.63, 3.8) is 0 Å². The van der Waals surface area contributed by atoms with E-state index in [1.165, 1.54) is 33.5 Å². The summed E-state index contributed by atoms with van der Waals surface area (Å²) in [6, 6.07) is 9.58. The Kier molecular flexibility index (Phi) is 5.16. The van der Waals surface area contributed by atoms with Gasteiger partial charge in [0, 0.05) is 5.69 Å². The fraction of sp³-hybridized carbons (Fsp3) is 0.167. The van der Waals surface area contributed by atoms with Crippen LogP contribution >= 0.6 is 15.9 Å². The molecule has 0 amide bonds. The number of ether oxygens (including phenoxy) is 3. The van der Waals surface area contributed by atoms with E-state index in [9.17, 15) is 13.2 Å². The zero-order chi connectivity index (χ0) is 19.8. The Labute approximate surface area is 165 Å². The van der Waals surface area contributed by atoms with Crippen molar-refractivity contribution in [2.24, 2.45) is 0 Å². The second-order valence-electron chi connectivity index (χ2n) is 5.50. The third-order valence-corrected chi connectivity index (χ3v) is 6.84. The second-order valence-corrected chi connectivity index (χ2v) is 8.12. The molecule has 2 aromatic rings. The maximum atomic E-state index is 13.3. The first-order valence-corrected chi connectivity index (χ1v) is 9.98. The molecule has 1 aliphatic heterocycles. The number of carbonyl (C=O) groups excluding carboxylic acids is 1. The number of ketones is 1. The summed E-state index contributed by atoms with van der Waals surface area (Å²) in [4.78, 5) is 12.7. The van der Waals surface area contributed by atoms with Crippen molar-refractivity contribution < 1.29 is 27.4 Å². The lowest BCUT2D eigenvalue weighted by atomic mass is 10.1. The van der Waals surface area contributed by atoms with E-state index in [1.807, 2.05) is 0 Å². The van der Waals surface area contributed by atoms with Gasteiger partial charge in [0.05, 0.1) is 26.9 Å². The van der Waals surface area contributed by atoms with Gasteiger partial charge in [0.1, 0.15) is 26.6 Å². The van der Waals surface area contributed by atoms with Gasteiger partial charge in [0.2, 0.25) is 15.6 Å². The third kappa shape index (κ3) is 3.17. The molecule has 1 N–H and O–H groups in total. The molecule has 0 aliphatic carbocycles. The van der Waals surface area contributed by atoms with Crippen molar-refractivity contribution in [3.05, 3.63) is 51.5 Å². The number of carbonyl (C=O) groups is 1. The summed E-state index contributed by atoms with van der Waals surface area (Å²) in [5.74, 6) is 0.313. The minimum Gasteiger partial charge on any atom is -0.497 e. The van der Waals surface area contributed by atoms with E-state index in [-0.39, 0.29) is 31.5 Å². The molecular formula is C18H16BrNO6S. The molecule has 9 heteroatoms. The van der Waals surface area contributed by atoms with Crippen LogP contribution in [-0.4, -0.2) is 35.5 Å². The predicted octanol–water partition coefficient (Wildman–Crippen LogP) is 3.36. The van der Waals surface area contributed by atoms with Gasteiger partial charge in [-0.2, -0.15) is 0 Å². The number of anilines is 1. The lowest BCUT2D eigenvalue weighted by molar-refractivity contribution is 0.103. The van der Waals surface area contributed by atoms with Gasteiger partial charge >= 0.3 is 0 Å². The summed E-state index contributed by atoms with van der Waals surface area (Å²) in [5, 5.41) is 2.54. The van der Waals surface area contributed by atoms with Crippen LogP contribution in [0.25, 0.3) is 0 Å². The quantitative estimate of drug-likeness (QED) is 0.741. The number of nitrogens with one attached hydrogen (secondary N) is 1. The smallest absolute Gasteiger partial charge is 0.227 e. The fourth-order valence-electron chi connectivity index (χ4n) is 2.72. The molecule has 0 saturated carbocycles. The predicted molar refractivity (Wildman–Crippen MR) is 104 cm³/mol. The van der Waals surface area contributed by atoms with E-state index in [1.54, 1.807) is 24.3 Å². The molecule has 0 saturated heterocycles. The highest BCUT2D eigenvalue weighted by Crippen LogP contribution is 2.44. The zero-order valence-electron chi connectivity index (χ0n) is 14.7. The van der Waals surface area contributed by atoms with Gasteiger partial charge in [-0.25, -0.2) is 8.42 Å². The van der Waals surface area contributed by atoms with Gasteiger partial charge < -0.3 is 19.5 Å². The Bertz CT molecular complexity index is 1040. The summed E-state index contributed by atoms with van der Waals surface area (Å²) < 4.78 is 41.9. The van der Waals surface area contributed by atoms with Gasteiger partial charge in [0.15, 0.2) is 5.03 Å². The molecular weight excluding hydrogens is 438 g/mol. The molecule has 3 rings (SSSR count). The van der Waals surface area contributed by atoms with E-state index >= 15 is 0 Å². The lowest BCUT2D eigenvalue weighted by Gasteiger charge is -2.23. The molecule has 0 radical (unpaired) electrons. The summed E-state index contributed by atoms with van der Waals surface area (Å²) >= 11 is 3.13. The lowest BCUT2D eigenvalue weighted by Crippen LogP contribution is -2.25. The Morgan fingerprint density at radius 1 is 0.889 bits per heavy atom. The first-order valence-electron chi connectivity index (χ1n) is 7.70. The highest BCUT2D eigenvalue weighted by molar-refractivity contribution is 9.12. The molecule has 2 aromatic carbocycles. The first kappa shape index (κ1) is 19.2. The highest BCUT2D eigenvalue weighted by Gasteiger charge is 2.41. The van der Waals surface area contributed by atoms with Crippen molar-refractivity contribution in [2.45, 2.75) is 4.90 Å². The van der Waals surface area contributed by atoms with E-state index < -0.39 is 15.6 Å². The van der Waals surface area contributed by atoms with Crippen LogP contribution in [0.1, 0.15) is 10.4 Å². The van der Waals surface area contributed by atoms with Crippen molar-refractivity contribution in [1.29, 1.82) is 0 Å². The number of rotatable bonds is 5. The largest absolute Gasteiger partial charge is 0.497 e. The zero-order valence-corrected chi connectivity index (χ0v) is 17.1. The molecule has 1 heterocycles. The molecule has 0 fully saturated rings. The Hall–Kier alpha value is -2.52. The van der Waals surface area contributed by atoms with E-state index in [0.29, 0.717) is 11.4 Å². The normalized spacial score (nSPS) is 15.2. The fourth-order valence-corrected chi connectivity index (χ4v) is 5.32. The topological polar surface area (TPSA) is 90.9 Å². The van der Waals surface area contributed by atoms with Crippen molar-refractivity contribution in [1.82, 2.24) is 0 Å². The van der Waals surface area contributed by atoms with E-state index in [4.69, 9.17) is 14.2 Å². The van der Waals surface area contributed by atoms with Crippen molar-refractivity contribution in [3.8, 4) is 17.2 Å². The number of Topliss-reactive ketones (excluding diaryl/α,β-unsaturated/α-hetero) is 1. The molecule has 27 heavy (non-hydrogen) atoms. The average molecular weight is 454 g/mol. The Morgan fingerprint density at radius 3 is 2.04 bits per heavy atom. The molecule has 0 spiro atoms. The van der Waals surface area contributed by atoms with Crippen LogP contribution in [0.3, 0.4) is 0 Å². The summed E-state index contributed by atoms with van der Waals surface area (Å²) in [6.45, 7) is 0. The maximum Gasteiger partial charge on any atom is 0.227 e. The SMILES string of the molecule is COc1ccc(NC2=C(Br)C(=O)c3c(OC)ccc(OC)c3S2(=O)=O)cc1. The molecule has 0 atom stereocenters. The van der Waals surface area contributed by atoms with Crippen LogP contribution in [0.15, 0.2) is 50.8 Å². The van der Waals surface area contributed by atoms with Crippen LogP contribution in [-0.2, 0) is 9.84 Å². The van der Waals surface area contributed by atoms with Gasteiger partial charge in [-0.05, 0) is 52.3 Å². The van der Waals surface area contributed by atoms with Crippen LogP contribution in [0, 0.1) is 0 Å². The molecule has 7 nitrogen and oxygen atoms in total. The van der Waals surface area contributed by atoms with Crippen LogP contribution in [0.2, 0.25) is 0 Å². The number of fused-ring (bicyclic) bond motifs is 1. The Balaban J connectivity index is 2.18. The monoisotopic (exact) mass is 453 g/mol. The van der Waals surface area contributed by atoms with Gasteiger partial charge in [-0.1, -0.05) is 0 Å². The van der Waals surface area contributed by atoms with Crippen LogP contribution in [0.4, 0.5) is 5.69 Å². The molecule has 0 aromatic heterocycles. The molecule has 142 valence electrons. The number of hydrogen-bond acceptors (Lipinski definition) is 7. The van der Waals surface area contributed by atoms with Crippen molar-refractivity contribution in [2.75, 3.05) is 26.6 Å². The van der Waals surface area contributed by atoms with E-state index in [0.717, 1.165) is 0 Å².